The van der Waals surface area contributed by atoms with Gasteiger partial charge in [-0.1, -0.05) is 12.1 Å². The molecule has 0 saturated heterocycles. The van der Waals surface area contributed by atoms with Crippen molar-refractivity contribution >= 4 is 18.0 Å². The molecule has 0 aliphatic rings. The summed E-state index contributed by atoms with van der Waals surface area (Å²) in [6.45, 7) is 3.58. The highest BCUT2D eigenvalue weighted by atomic mass is 19.4. The van der Waals surface area contributed by atoms with E-state index >= 15 is 0 Å². The van der Waals surface area contributed by atoms with Crippen molar-refractivity contribution < 1.29 is 27.5 Å². The summed E-state index contributed by atoms with van der Waals surface area (Å²) in [5.41, 5.74) is -0.354. The number of amides is 1. The molecular formula is C15H16F3NO3. The lowest BCUT2D eigenvalue weighted by Gasteiger charge is -2.10. The number of halogens is 3. The van der Waals surface area contributed by atoms with E-state index in [4.69, 9.17) is 4.74 Å². The maximum absolute atomic E-state index is 12.4. The highest BCUT2D eigenvalue weighted by Gasteiger charge is 2.29. The maximum atomic E-state index is 12.4. The van der Waals surface area contributed by atoms with Crippen molar-refractivity contribution in [3.63, 3.8) is 0 Å². The van der Waals surface area contributed by atoms with Crippen LogP contribution < -0.4 is 5.32 Å². The quantitative estimate of drug-likeness (QED) is 0.671. The molecule has 0 spiro atoms. The molecule has 0 unspecified atom stereocenters. The van der Waals surface area contributed by atoms with Crippen LogP contribution in [0.2, 0.25) is 0 Å². The molecule has 0 radical (unpaired) electrons. The summed E-state index contributed by atoms with van der Waals surface area (Å²) in [6, 6.07) is 4.31. The third-order valence-corrected chi connectivity index (χ3v) is 2.66. The van der Waals surface area contributed by atoms with E-state index in [1.165, 1.54) is 25.1 Å². The van der Waals surface area contributed by atoms with Gasteiger partial charge in [0.15, 0.2) is 6.10 Å². The molecule has 1 aromatic rings. The van der Waals surface area contributed by atoms with Crippen molar-refractivity contribution in [2.24, 2.45) is 0 Å². The Morgan fingerprint density at radius 3 is 2.36 bits per heavy atom. The first-order chi connectivity index (χ1) is 10.2. The minimum Gasteiger partial charge on any atom is -0.449 e. The van der Waals surface area contributed by atoms with Crippen LogP contribution in [0.15, 0.2) is 30.3 Å². The van der Waals surface area contributed by atoms with E-state index in [1.807, 2.05) is 0 Å². The third kappa shape index (κ3) is 5.59. The van der Waals surface area contributed by atoms with Crippen molar-refractivity contribution in [1.82, 2.24) is 5.32 Å². The van der Waals surface area contributed by atoms with Gasteiger partial charge in [-0.25, -0.2) is 4.79 Å². The Kier molecular flexibility index (Phi) is 6.15. The molecule has 1 aromatic carbocycles. The number of esters is 1. The van der Waals surface area contributed by atoms with Crippen LogP contribution in [-0.4, -0.2) is 24.5 Å². The number of hydrogen-bond donors (Lipinski definition) is 1. The molecule has 0 bridgehead atoms. The normalized spacial score (nSPS) is 13.0. The van der Waals surface area contributed by atoms with Gasteiger partial charge in [0, 0.05) is 12.6 Å². The fourth-order valence-corrected chi connectivity index (χ4v) is 1.53. The first-order valence-corrected chi connectivity index (χ1v) is 6.57. The highest BCUT2D eigenvalue weighted by molar-refractivity contribution is 5.90. The van der Waals surface area contributed by atoms with E-state index in [2.05, 4.69) is 5.32 Å². The molecule has 120 valence electrons. The Balaban J connectivity index is 2.61. The number of hydrogen-bond acceptors (Lipinski definition) is 3. The number of alkyl halides is 3. The second kappa shape index (κ2) is 7.63. The zero-order chi connectivity index (χ0) is 16.8. The van der Waals surface area contributed by atoms with Crippen LogP contribution in [0.1, 0.15) is 25.0 Å². The van der Waals surface area contributed by atoms with Gasteiger partial charge < -0.3 is 10.1 Å². The summed E-state index contributed by atoms with van der Waals surface area (Å²) in [6.07, 6.45) is -2.97. The second-order valence-electron chi connectivity index (χ2n) is 4.43. The van der Waals surface area contributed by atoms with Crippen LogP contribution in [0.5, 0.6) is 0 Å². The fourth-order valence-electron chi connectivity index (χ4n) is 1.53. The number of likely N-dealkylation sites (N-methyl/N-ethyl adjacent to an activating group) is 1. The molecule has 0 aromatic heterocycles. The van der Waals surface area contributed by atoms with Crippen LogP contribution in [0.4, 0.5) is 13.2 Å². The first-order valence-electron chi connectivity index (χ1n) is 6.57. The van der Waals surface area contributed by atoms with Crippen LogP contribution in [0.3, 0.4) is 0 Å². The van der Waals surface area contributed by atoms with Gasteiger partial charge in [-0.2, -0.15) is 13.2 Å². The van der Waals surface area contributed by atoms with Crippen molar-refractivity contribution in [3.05, 3.63) is 41.5 Å². The van der Waals surface area contributed by atoms with E-state index in [-0.39, 0.29) is 0 Å². The fraction of sp³-hybridized carbons (Fsp3) is 0.333. The van der Waals surface area contributed by atoms with Gasteiger partial charge in [-0.15, -0.1) is 0 Å². The lowest BCUT2D eigenvalue weighted by molar-refractivity contribution is -0.150. The molecule has 0 aliphatic heterocycles. The molecule has 4 nitrogen and oxygen atoms in total. The van der Waals surface area contributed by atoms with E-state index < -0.39 is 29.7 Å². The lowest BCUT2D eigenvalue weighted by Crippen LogP contribution is -2.35. The van der Waals surface area contributed by atoms with Gasteiger partial charge in [-0.05, 0) is 37.6 Å². The predicted molar refractivity (Wildman–Crippen MR) is 74.7 cm³/mol. The molecule has 1 rings (SSSR count). The monoisotopic (exact) mass is 315 g/mol. The smallest absolute Gasteiger partial charge is 0.416 e. The van der Waals surface area contributed by atoms with Gasteiger partial charge in [0.1, 0.15) is 0 Å². The third-order valence-electron chi connectivity index (χ3n) is 2.66. The number of carbonyl (C=O) groups excluding carboxylic acids is 2. The summed E-state index contributed by atoms with van der Waals surface area (Å²) in [5.74, 6) is -1.17. The maximum Gasteiger partial charge on any atom is 0.416 e. The Bertz CT molecular complexity index is 550. The lowest BCUT2D eigenvalue weighted by atomic mass is 10.1. The molecule has 1 atom stereocenters. The molecule has 0 aliphatic carbocycles. The first kappa shape index (κ1) is 17.7. The average molecular weight is 315 g/mol. The summed E-state index contributed by atoms with van der Waals surface area (Å²) in [7, 11) is 0. The topological polar surface area (TPSA) is 55.4 Å². The van der Waals surface area contributed by atoms with Gasteiger partial charge >= 0.3 is 12.1 Å². The molecule has 0 saturated carbocycles. The van der Waals surface area contributed by atoms with Crippen LogP contribution in [0.25, 0.3) is 6.08 Å². The van der Waals surface area contributed by atoms with Gasteiger partial charge in [0.25, 0.3) is 5.91 Å². The zero-order valence-electron chi connectivity index (χ0n) is 12.1. The van der Waals surface area contributed by atoms with Crippen molar-refractivity contribution in [3.8, 4) is 0 Å². The SMILES string of the molecule is CCNC(=O)[C@@H](C)OC(=O)/C=C/c1ccc(C(F)(F)F)cc1. The van der Waals surface area contributed by atoms with E-state index in [0.717, 1.165) is 18.2 Å². The van der Waals surface area contributed by atoms with Crippen molar-refractivity contribution in [2.45, 2.75) is 26.1 Å². The summed E-state index contributed by atoms with van der Waals surface area (Å²) in [4.78, 5) is 22.9. The van der Waals surface area contributed by atoms with Gasteiger partial charge in [-0.3, -0.25) is 4.79 Å². The van der Waals surface area contributed by atoms with Gasteiger partial charge in [0.2, 0.25) is 0 Å². The van der Waals surface area contributed by atoms with Crippen LogP contribution in [-0.2, 0) is 20.5 Å². The highest BCUT2D eigenvalue weighted by Crippen LogP contribution is 2.29. The van der Waals surface area contributed by atoms with E-state index in [1.54, 1.807) is 6.92 Å². The number of benzene rings is 1. The summed E-state index contributed by atoms with van der Waals surface area (Å²) >= 11 is 0. The second-order valence-corrected chi connectivity index (χ2v) is 4.43. The minimum atomic E-state index is -4.40. The van der Waals surface area contributed by atoms with Crippen molar-refractivity contribution in [2.75, 3.05) is 6.54 Å². The van der Waals surface area contributed by atoms with E-state index in [0.29, 0.717) is 12.1 Å². The average Bonchev–Trinajstić information content (AvgIpc) is 2.45. The minimum absolute atomic E-state index is 0.413. The Morgan fingerprint density at radius 1 is 1.27 bits per heavy atom. The Labute approximate surface area is 126 Å². The zero-order valence-corrected chi connectivity index (χ0v) is 12.1. The molecule has 0 heterocycles. The largest absolute Gasteiger partial charge is 0.449 e. The van der Waals surface area contributed by atoms with Crippen molar-refractivity contribution in [1.29, 1.82) is 0 Å². The standard InChI is InChI=1S/C15H16F3NO3/c1-3-19-14(21)10(2)22-13(20)9-6-11-4-7-12(8-5-11)15(16,17)18/h4-10H,3H2,1-2H3,(H,19,21)/b9-6+/t10-/m1/s1. The van der Waals surface area contributed by atoms with E-state index in [9.17, 15) is 22.8 Å². The Morgan fingerprint density at radius 2 is 1.86 bits per heavy atom. The molecular weight excluding hydrogens is 299 g/mol. The van der Waals surface area contributed by atoms with Crippen LogP contribution >= 0.6 is 0 Å². The predicted octanol–water partition coefficient (Wildman–Crippen LogP) is 2.79. The molecule has 7 heteroatoms. The molecule has 1 N–H and O–H groups in total. The number of rotatable bonds is 5. The number of nitrogens with one attached hydrogen (secondary N) is 1. The van der Waals surface area contributed by atoms with Gasteiger partial charge in [0.05, 0.1) is 5.56 Å². The molecule has 0 fully saturated rings. The molecule has 1 amide bonds. The number of carbonyl (C=O) groups is 2. The molecule has 22 heavy (non-hydrogen) atoms. The number of ether oxygens (including phenoxy) is 1. The summed E-state index contributed by atoms with van der Waals surface area (Å²) < 4.78 is 42.0. The summed E-state index contributed by atoms with van der Waals surface area (Å²) in [5, 5.41) is 2.50. The van der Waals surface area contributed by atoms with Crippen LogP contribution in [0, 0.1) is 0 Å². The Hall–Kier alpha value is -2.31.